The summed E-state index contributed by atoms with van der Waals surface area (Å²) in [7, 11) is 1.66. The number of hydrogen-bond acceptors (Lipinski definition) is 4. The van der Waals surface area contributed by atoms with E-state index >= 15 is 0 Å². The summed E-state index contributed by atoms with van der Waals surface area (Å²) in [5, 5.41) is 6.13. The van der Waals surface area contributed by atoms with E-state index in [1.807, 2.05) is 24.3 Å². The molecule has 4 rings (SSSR count). The fourth-order valence-electron chi connectivity index (χ4n) is 5.73. The van der Waals surface area contributed by atoms with E-state index in [0.29, 0.717) is 19.0 Å². The molecule has 5 atom stereocenters. The zero-order valence-electron chi connectivity index (χ0n) is 17.5. The van der Waals surface area contributed by atoms with Gasteiger partial charge in [-0.2, -0.15) is 0 Å². The van der Waals surface area contributed by atoms with E-state index in [0.717, 1.165) is 29.7 Å². The molecule has 158 valence electrons. The molecule has 0 aromatic heterocycles. The molecule has 1 aromatic rings. The molecule has 2 saturated carbocycles. The number of ether oxygens (including phenoxy) is 1. The lowest BCUT2D eigenvalue weighted by Gasteiger charge is -2.35. The van der Waals surface area contributed by atoms with Crippen molar-refractivity contribution >= 4 is 11.8 Å². The van der Waals surface area contributed by atoms with Crippen LogP contribution in [0, 0.1) is 17.8 Å². The number of para-hydroxylation sites is 1. The SMILES string of the molecule is COc1ccccc1CN1CCNC(=O)[C@@H]1CC(=O)N[C@@H](C)[C@H]1C[C@H]2CC[C@H]1C2. The highest BCUT2D eigenvalue weighted by molar-refractivity contribution is 5.88. The number of nitrogens with one attached hydrogen (secondary N) is 2. The average Bonchev–Trinajstić information content (AvgIpc) is 3.34. The topological polar surface area (TPSA) is 70.7 Å². The van der Waals surface area contributed by atoms with Gasteiger partial charge in [0.2, 0.25) is 11.8 Å². The first-order chi connectivity index (χ1) is 14.0. The maximum absolute atomic E-state index is 12.8. The first-order valence-corrected chi connectivity index (χ1v) is 11.0. The molecule has 29 heavy (non-hydrogen) atoms. The predicted molar refractivity (Wildman–Crippen MR) is 111 cm³/mol. The molecule has 2 N–H and O–H groups in total. The van der Waals surface area contributed by atoms with Gasteiger partial charge < -0.3 is 15.4 Å². The summed E-state index contributed by atoms with van der Waals surface area (Å²) in [5.74, 6) is 2.97. The number of piperazine rings is 1. The summed E-state index contributed by atoms with van der Waals surface area (Å²) in [6.45, 7) is 4.06. The van der Waals surface area contributed by atoms with Crippen molar-refractivity contribution in [2.45, 2.75) is 57.7 Å². The van der Waals surface area contributed by atoms with E-state index in [9.17, 15) is 9.59 Å². The van der Waals surface area contributed by atoms with Crippen LogP contribution in [0.2, 0.25) is 0 Å². The minimum Gasteiger partial charge on any atom is -0.496 e. The van der Waals surface area contributed by atoms with Crippen LogP contribution >= 0.6 is 0 Å². The van der Waals surface area contributed by atoms with Crippen molar-refractivity contribution in [3.05, 3.63) is 29.8 Å². The molecule has 0 spiro atoms. The fraction of sp³-hybridized carbons (Fsp3) is 0.652. The number of methoxy groups -OCH3 is 1. The minimum absolute atomic E-state index is 0.0210. The van der Waals surface area contributed by atoms with Crippen molar-refractivity contribution in [1.82, 2.24) is 15.5 Å². The molecule has 3 aliphatic rings. The Bertz CT molecular complexity index is 753. The molecule has 1 heterocycles. The molecule has 3 fully saturated rings. The molecule has 1 saturated heterocycles. The van der Waals surface area contributed by atoms with Gasteiger partial charge in [0, 0.05) is 31.2 Å². The van der Waals surface area contributed by atoms with Crippen molar-refractivity contribution in [3.8, 4) is 5.75 Å². The maximum Gasteiger partial charge on any atom is 0.237 e. The monoisotopic (exact) mass is 399 g/mol. The zero-order chi connectivity index (χ0) is 20.4. The number of hydrogen-bond donors (Lipinski definition) is 2. The van der Waals surface area contributed by atoms with Gasteiger partial charge in [-0.1, -0.05) is 24.6 Å². The largest absolute Gasteiger partial charge is 0.496 e. The first kappa shape index (κ1) is 20.2. The molecule has 2 amide bonds. The van der Waals surface area contributed by atoms with E-state index < -0.39 is 6.04 Å². The molecule has 1 aliphatic heterocycles. The molecule has 0 unspecified atom stereocenters. The van der Waals surface area contributed by atoms with Crippen LogP contribution < -0.4 is 15.4 Å². The number of nitrogens with zero attached hydrogens (tertiary/aromatic N) is 1. The lowest BCUT2D eigenvalue weighted by molar-refractivity contribution is -0.134. The smallest absolute Gasteiger partial charge is 0.237 e. The lowest BCUT2D eigenvalue weighted by atomic mass is 9.84. The molecule has 2 bridgehead atoms. The van der Waals surface area contributed by atoms with E-state index in [2.05, 4.69) is 22.5 Å². The molecule has 0 radical (unpaired) electrons. The molecule has 6 nitrogen and oxygen atoms in total. The van der Waals surface area contributed by atoms with E-state index in [1.54, 1.807) is 7.11 Å². The van der Waals surface area contributed by atoms with E-state index in [4.69, 9.17) is 4.74 Å². The van der Waals surface area contributed by atoms with E-state index in [1.165, 1.54) is 25.7 Å². The normalized spacial score (nSPS) is 30.1. The number of benzene rings is 1. The van der Waals surface area contributed by atoms with Crippen molar-refractivity contribution in [2.75, 3.05) is 20.2 Å². The Kier molecular flexibility index (Phi) is 6.09. The van der Waals surface area contributed by atoms with Gasteiger partial charge in [-0.25, -0.2) is 0 Å². The summed E-state index contributed by atoms with van der Waals surface area (Å²) in [6.07, 6.45) is 5.46. The van der Waals surface area contributed by atoms with Crippen molar-refractivity contribution in [1.29, 1.82) is 0 Å². The minimum atomic E-state index is -0.444. The second-order valence-electron chi connectivity index (χ2n) is 8.99. The molecular weight excluding hydrogens is 366 g/mol. The van der Waals surface area contributed by atoms with Crippen LogP contribution in [0.5, 0.6) is 5.75 Å². The third-order valence-electron chi connectivity index (χ3n) is 7.21. The molecular formula is C23H33N3O3. The standard InChI is InChI=1S/C23H33N3O3/c1-15(19-12-16-7-8-17(19)11-16)25-22(27)13-20-23(28)24-9-10-26(20)14-18-5-3-4-6-21(18)29-2/h3-6,15-17,19-20H,7-14H2,1-2H3,(H,24,28)(H,25,27)/t15-,16-,17-,19+,20-/m0/s1. The summed E-state index contributed by atoms with van der Waals surface area (Å²) < 4.78 is 5.46. The molecule has 6 heteroatoms. The van der Waals surface area contributed by atoms with Crippen molar-refractivity contribution in [2.24, 2.45) is 17.8 Å². The van der Waals surface area contributed by atoms with E-state index in [-0.39, 0.29) is 24.3 Å². The molecule has 1 aromatic carbocycles. The van der Waals surface area contributed by atoms with Gasteiger partial charge in [0.1, 0.15) is 5.75 Å². The quantitative estimate of drug-likeness (QED) is 0.738. The third-order valence-corrected chi connectivity index (χ3v) is 7.21. The molecule has 2 aliphatic carbocycles. The van der Waals surface area contributed by atoms with Gasteiger partial charge >= 0.3 is 0 Å². The highest BCUT2D eigenvalue weighted by atomic mass is 16.5. The average molecular weight is 400 g/mol. The van der Waals surface area contributed by atoms with Crippen LogP contribution in [-0.2, 0) is 16.1 Å². The van der Waals surface area contributed by atoms with Gasteiger partial charge in [-0.15, -0.1) is 0 Å². The Hall–Kier alpha value is -2.08. The number of fused-ring (bicyclic) bond motifs is 2. The predicted octanol–water partition coefficient (Wildman–Crippen LogP) is 2.33. The third kappa shape index (κ3) is 4.42. The van der Waals surface area contributed by atoms with Gasteiger partial charge in [0.15, 0.2) is 0 Å². The second kappa shape index (κ2) is 8.74. The number of carbonyl (C=O) groups excluding carboxylic acids is 2. The Morgan fingerprint density at radius 3 is 2.86 bits per heavy atom. The Balaban J connectivity index is 1.38. The van der Waals surface area contributed by atoms with Gasteiger partial charge in [0.25, 0.3) is 0 Å². The first-order valence-electron chi connectivity index (χ1n) is 11.0. The zero-order valence-corrected chi connectivity index (χ0v) is 17.5. The highest BCUT2D eigenvalue weighted by Crippen LogP contribution is 2.49. The second-order valence-corrected chi connectivity index (χ2v) is 8.99. The maximum atomic E-state index is 12.8. The van der Waals surface area contributed by atoms with Crippen LogP contribution in [0.3, 0.4) is 0 Å². The summed E-state index contributed by atoms with van der Waals surface area (Å²) in [4.78, 5) is 27.5. The number of rotatable bonds is 7. The van der Waals surface area contributed by atoms with Crippen molar-refractivity contribution in [3.63, 3.8) is 0 Å². The van der Waals surface area contributed by atoms with Gasteiger partial charge in [-0.05, 0) is 50.0 Å². The van der Waals surface area contributed by atoms with Crippen LogP contribution in [0.15, 0.2) is 24.3 Å². The highest BCUT2D eigenvalue weighted by Gasteiger charge is 2.42. The Morgan fingerprint density at radius 1 is 1.31 bits per heavy atom. The van der Waals surface area contributed by atoms with Crippen molar-refractivity contribution < 1.29 is 14.3 Å². The number of amides is 2. The van der Waals surface area contributed by atoms with Crippen LogP contribution in [0.1, 0.15) is 44.6 Å². The fourth-order valence-corrected chi connectivity index (χ4v) is 5.73. The summed E-state index contributed by atoms with van der Waals surface area (Å²) in [5.41, 5.74) is 1.03. The van der Waals surface area contributed by atoms with Crippen LogP contribution in [0.4, 0.5) is 0 Å². The number of carbonyl (C=O) groups is 2. The summed E-state index contributed by atoms with van der Waals surface area (Å²) in [6, 6.07) is 7.60. The Labute approximate surface area is 173 Å². The van der Waals surface area contributed by atoms with Gasteiger partial charge in [-0.3, -0.25) is 14.5 Å². The van der Waals surface area contributed by atoms with Gasteiger partial charge in [0.05, 0.1) is 19.6 Å². The summed E-state index contributed by atoms with van der Waals surface area (Å²) >= 11 is 0. The Morgan fingerprint density at radius 2 is 2.14 bits per heavy atom. The van der Waals surface area contributed by atoms with Crippen LogP contribution in [0.25, 0.3) is 0 Å². The lowest BCUT2D eigenvalue weighted by Crippen LogP contribution is -2.56. The van der Waals surface area contributed by atoms with Crippen LogP contribution in [-0.4, -0.2) is 49.0 Å².